The summed E-state index contributed by atoms with van der Waals surface area (Å²) in [4.78, 5) is 16.3. The van der Waals surface area contributed by atoms with Crippen molar-refractivity contribution in [2.24, 2.45) is 4.99 Å². The third kappa shape index (κ3) is 2.99. The largest absolute Gasteiger partial charge is 0.301 e. The van der Waals surface area contributed by atoms with Gasteiger partial charge in [-0.2, -0.15) is 0 Å². The molecule has 0 aromatic heterocycles. The Bertz CT molecular complexity index is 485. The molecule has 2 rings (SSSR count). The van der Waals surface area contributed by atoms with Gasteiger partial charge in [0.1, 0.15) is 0 Å². The van der Waals surface area contributed by atoms with Crippen molar-refractivity contribution in [3.63, 3.8) is 0 Å². The van der Waals surface area contributed by atoms with Gasteiger partial charge in [0, 0.05) is 5.25 Å². The third-order valence-corrected chi connectivity index (χ3v) is 4.48. The standard InChI is InChI=1S/C12H12Cl2N2OS/c1-2-7-6-15-12(18-7)16-11(17)10-8(13)4-3-5-9(10)14/h3-5,7H,2,6H2,1H3,(H,15,16,17). The lowest BCUT2D eigenvalue weighted by molar-refractivity contribution is 0.0978. The summed E-state index contributed by atoms with van der Waals surface area (Å²) in [5.74, 6) is -0.311. The molecule has 0 saturated heterocycles. The van der Waals surface area contributed by atoms with E-state index < -0.39 is 0 Å². The number of hydrogen-bond donors (Lipinski definition) is 1. The van der Waals surface area contributed by atoms with Gasteiger partial charge in [-0.3, -0.25) is 9.79 Å². The number of nitrogens with zero attached hydrogens (tertiary/aromatic N) is 1. The Morgan fingerprint density at radius 3 is 2.72 bits per heavy atom. The van der Waals surface area contributed by atoms with Crippen LogP contribution in [0.1, 0.15) is 23.7 Å². The minimum absolute atomic E-state index is 0.295. The highest BCUT2D eigenvalue weighted by Gasteiger charge is 2.22. The van der Waals surface area contributed by atoms with Crippen LogP contribution in [0, 0.1) is 0 Å². The van der Waals surface area contributed by atoms with Crippen molar-refractivity contribution in [1.29, 1.82) is 0 Å². The lowest BCUT2D eigenvalue weighted by atomic mass is 10.2. The first-order valence-electron chi connectivity index (χ1n) is 5.58. The van der Waals surface area contributed by atoms with Crippen LogP contribution in [0.3, 0.4) is 0 Å². The lowest BCUT2D eigenvalue weighted by Crippen LogP contribution is -2.28. The number of benzene rings is 1. The quantitative estimate of drug-likeness (QED) is 0.907. The van der Waals surface area contributed by atoms with Gasteiger partial charge in [0.25, 0.3) is 5.91 Å². The summed E-state index contributed by atoms with van der Waals surface area (Å²) in [6, 6.07) is 4.98. The van der Waals surface area contributed by atoms with Crippen LogP contribution < -0.4 is 5.32 Å². The zero-order valence-corrected chi connectivity index (χ0v) is 12.1. The first-order valence-corrected chi connectivity index (χ1v) is 7.21. The predicted molar refractivity (Wildman–Crippen MR) is 77.9 cm³/mol. The van der Waals surface area contributed by atoms with Crippen molar-refractivity contribution in [3.8, 4) is 0 Å². The molecule has 1 aromatic carbocycles. The summed E-state index contributed by atoms with van der Waals surface area (Å²) in [7, 11) is 0. The molecule has 0 saturated carbocycles. The van der Waals surface area contributed by atoms with Crippen LogP contribution in [0.4, 0.5) is 0 Å². The van der Waals surface area contributed by atoms with E-state index in [0.717, 1.165) is 13.0 Å². The molecule has 1 N–H and O–H groups in total. The molecule has 1 aliphatic heterocycles. The Hall–Kier alpha value is -0.710. The SMILES string of the molecule is CCC1CN=C(NC(=O)c2c(Cl)cccc2Cl)S1. The molecule has 3 nitrogen and oxygen atoms in total. The molecule has 1 amide bonds. The van der Waals surface area contributed by atoms with E-state index in [9.17, 15) is 4.79 Å². The summed E-state index contributed by atoms with van der Waals surface area (Å²) < 4.78 is 0. The normalized spacial score (nSPS) is 18.6. The number of rotatable bonds is 2. The maximum absolute atomic E-state index is 12.1. The lowest BCUT2D eigenvalue weighted by Gasteiger charge is -2.08. The molecular weight excluding hydrogens is 291 g/mol. The average Bonchev–Trinajstić information content (AvgIpc) is 2.76. The van der Waals surface area contributed by atoms with E-state index in [0.29, 0.717) is 26.0 Å². The molecule has 18 heavy (non-hydrogen) atoms. The molecule has 0 bridgehead atoms. The third-order valence-electron chi connectivity index (χ3n) is 2.58. The van der Waals surface area contributed by atoms with Crippen LogP contribution in [-0.4, -0.2) is 22.9 Å². The van der Waals surface area contributed by atoms with Crippen LogP contribution >= 0.6 is 35.0 Å². The fraction of sp³-hybridized carbons (Fsp3) is 0.333. The van der Waals surface area contributed by atoms with Crippen molar-refractivity contribution in [3.05, 3.63) is 33.8 Å². The number of halogens is 2. The number of aliphatic imine (C=N–C) groups is 1. The molecule has 1 atom stereocenters. The molecule has 1 heterocycles. The van der Waals surface area contributed by atoms with Crippen LogP contribution in [0.25, 0.3) is 0 Å². The maximum atomic E-state index is 12.1. The van der Waals surface area contributed by atoms with Crippen molar-refractivity contribution >= 4 is 46.0 Å². The number of carbonyl (C=O) groups is 1. The Balaban J connectivity index is 2.09. The van der Waals surface area contributed by atoms with Crippen LogP contribution in [0.2, 0.25) is 10.0 Å². The van der Waals surface area contributed by atoms with E-state index in [1.807, 2.05) is 0 Å². The monoisotopic (exact) mass is 302 g/mol. The average molecular weight is 303 g/mol. The van der Waals surface area contributed by atoms with Gasteiger partial charge in [-0.15, -0.1) is 0 Å². The minimum Gasteiger partial charge on any atom is -0.301 e. The summed E-state index contributed by atoms with van der Waals surface area (Å²) in [6.07, 6.45) is 1.03. The first kappa shape index (κ1) is 13.7. The molecule has 96 valence electrons. The number of thioether (sulfide) groups is 1. The molecular formula is C12H12Cl2N2OS. The van der Waals surface area contributed by atoms with Gasteiger partial charge < -0.3 is 5.32 Å². The van der Waals surface area contributed by atoms with Crippen molar-refractivity contribution in [2.75, 3.05) is 6.54 Å². The Labute approximate surface area is 120 Å². The summed E-state index contributed by atoms with van der Waals surface area (Å²) in [5.41, 5.74) is 0.295. The fourth-order valence-corrected chi connectivity index (χ4v) is 3.07. The second-order valence-electron chi connectivity index (χ2n) is 3.84. The fourth-order valence-electron chi connectivity index (χ4n) is 1.57. The van der Waals surface area contributed by atoms with E-state index in [1.54, 1.807) is 30.0 Å². The van der Waals surface area contributed by atoms with Gasteiger partial charge in [-0.05, 0) is 18.6 Å². The highest BCUT2D eigenvalue weighted by atomic mass is 35.5. The second-order valence-corrected chi connectivity index (χ2v) is 5.95. The van der Waals surface area contributed by atoms with Crippen LogP contribution in [0.15, 0.2) is 23.2 Å². The summed E-state index contributed by atoms with van der Waals surface area (Å²) in [5, 5.41) is 4.52. The van der Waals surface area contributed by atoms with Crippen molar-refractivity contribution in [2.45, 2.75) is 18.6 Å². The van der Waals surface area contributed by atoms with Gasteiger partial charge in [0.05, 0.1) is 22.2 Å². The minimum atomic E-state index is -0.311. The van der Waals surface area contributed by atoms with Gasteiger partial charge >= 0.3 is 0 Å². The number of amidine groups is 1. The molecule has 0 spiro atoms. The highest BCUT2D eigenvalue weighted by molar-refractivity contribution is 8.14. The molecule has 0 aliphatic carbocycles. The second kappa shape index (κ2) is 5.95. The van der Waals surface area contributed by atoms with E-state index in [1.165, 1.54) is 0 Å². The molecule has 1 unspecified atom stereocenters. The van der Waals surface area contributed by atoms with Gasteiger partial charge in [0.15, 0.2) is 5.17 Å². The van der Waals surface area contributed by atoms with Gasteiger partial charge in [-0.25, -0.2) is 0 Å². The van der Waals surface area contributed by atoms with E-state index in [4.69, 9.17) is 23.2 Å². The predicted octanol–water partition coefficient (Wildman–Crippen LogP) is 3.60. The van der Waals surface area contributed by atoms with E-state index >= 15 is 0 Å². The van der Waals surface area contributed by atoms with E-state index in [-0.39, 0.29) is 5.91 Å². The maximum Gasteiger partial charge on any atom is 0.260 e. The number of hydrogen-bond acceptors (Lipinski definition) is 3. The Morgan fingerprint density at radius 1 is 1.50 bits per heavy atom. The topological polar surface area (TPSA) is 41.5 Å². The first-order chi connectivity index (χ1) is 8.61. The molecule has 0 fully saturated rings. The van der Waals surface area contributed by atoms with Gasteiger partial charge in [0.2, 0.25) is 0 Å². The highest BCUT2D eigenvalue weighted by Crippen LogP contribution is 2.26. The molecule has 6 heteroatoms. The van der Waals surface area contributed by atoms with Crippen LogP contribution in [0.5, 0.6) is 0 Å². The molecule has 0 radical (unpaired) electrons. The Morgan fingerprint density at radius 2 is 2.17 bits per heavy atom. The van der Waals surface area contributed by atoms with Gasteiger partial charge in [-0.1, -0.05) is 48.0 Å². The number of nitrogens with one attached hydrogen (secondary N) is 1. The van der Waals surface area contributed by atoms with E-state index in [2.05, 4.69) is 17.2 Å². The smallest absolute Gasteiger partial charge is 0.260 e. The molecule has 1 aromatic rings. The zero-order valence-electron chi connectivity index (χ0n) is 9.74. The molecule has 1 aliphatic rings. The summed E-state index contributed by atoms with van der Waals surface area (Å²) in [6.45, 7) is 2.84. The van der Waals surface area contributed by atoms with Crippen molar-refractivity contribution in [1.82, 2.24) is 5.32 Å². The Kier molecular flexibility index (Phi) is 4.54. The van der Waals surface area contributed by atoms with Crippen LogP contribution in [-0.2, 0) is 0 Å². The number of amides is 1. The van der Waals surface area contributed by atoms with Crippen molar-refractivity contribution < 1.29 is 4.79 Å². The number of carbonyl (C=O) groups excluding carboxylic acids is 1. The zero-order chi connectivity index (χ0) is 13.1. The summed E-state index contributed by atoms with van der Waals surface area (Å²) >= 11 is 13.5.